The van der Waals surface area contributed by atoms with Crippen LogP contribution in [-0.2, 0) is 20.9 Å². The van der Waals surface area contributed by atoms with Gasteiger partial charge < -0.3 is 24.4 Å². The van der Waals surface area contributed by atoms with Gasteiger partial charge in [0.05, 0.1) is 36.4 Å². The number of carbonyl (C=O) groups excluding carboxylic acids is 3. The molecule has 0 aromatic heterocycles. The average molecular weight is 599 g/mol. The summed E-state index contributed by atoms with van der Waals surface area (Å²) >= 11 is 0.778. The number of carbonyl (C=O) groups is 3. The SMILES string of the molecule is CCOc1cc(/C=C2/SC(=O)N(CC(=O)Nc3ccc(N4CCOCC4)cc3)C2=O)ccc1OCc1ccccc1C#N. The maximum atomic E-state index is 13.1. The van der Waals surface area contributed by atoms with Crippen LogP contribution in [0.1, 0.15) is 23.6 Å². The van der Waals surface area contributed by atoms with Crippen LogP contribution >= 0.6 is 11.8 Å². The van der Waals surface area contributed by atoms with Gasteiger partial charge in [0.1, 0.15) is 13.2 Å². The Morgan fingerprint density at radius 1 is 1.05 bits per heavy atom. The number of anilines is 2. The van der Waals surface area contributed by atoms with Crippen LogP contribution in [0.3, 0.4) is 0 Å². The van der Waals surface area contributed by atoms with E-state index in [2.05, 4.69) is 16.3 Å². The number of hydrogen-bond acceptors (Lipinski definition) is 9. The van der Waals surface area contributed by atoms with E-state index < -0.39 is 23.6 Å². The number of hydrogen-bond donors (Lipinski definition) is 1. The Bertz CT molecular complexity index is 1580. The third-order valence-corrected chi connectivity index (χ3v) is 7.70. The fourth-order valence-corrected chi connectivity index (χ4v) is 5.46. The summed E-state index contributed by atoms with van der Waals surface area (Å²) in [5.41, 5.74) is 3.52. The number of morpholine rings is 1. The molecule has 0 unspecified atom stereocenters. The second-order valence-corrected chi connectivity index (χ2v) is 10.7. The van der Waals surface area contributed by atoms with Crippen molar-refractivity contribution < 1.29 is 28.6 Å². The van der Waals surface area contributed by atoms with Gasteiger partial charge in [-0.2, -0.15) is 5.26 Å². The molecule has 2 fully saturated rings. The quantitative estimate of drug-likeness (QED) is 0.320. The monoisotopic (exact) mass is 598 g/mol. The summed E-state index contributed by atoms with van der Waals surface area (Å²) < 4.78 is 17.1. The Morgan fingerprint density at radius 3 is 2.56 bits per heavy atom. The molecule has 0 saturated carbocycles. The summed E-state index contributed by atoms with van der Waals surface area (Å²) in [6, 6.07) is 21.9. The number of rotatable bonds is 10. The van der Waals surface area contributed by atoms with Gasteiger partial charge in [-0.15, -0.1) is 0 Å². The highest BCUT2D eigenvalue weighted by Crippen LogP contribution is 2.35. The molecule has 0 atom stereocenters. The molecule has 0 radical (unpaired) electrons. The predicted molar refractivity (Wildman–Crippen MR) is 164 cm³/mol. The molecule has 2 aliphatic heterocycles. The molecule has 0 bridgehead atoms. The molecule has 3 aromatic carbocycles. The smallest absolute Gasteiger partial charge is 0.294 e. The number of imide groups is 1. The number of ether oxygens (including phenoxy) is 3. The number of thioether (sulfide) groups is 1. The lowest BCUT2D eigenvalue weighted by atomic mass is 10.1. The minimum atomic E-state index is -0.542. The van der Waals surface area contributed by atoms with Crippen molar-refractivity contribution in [3.8, 4) is 17.6 Å². The van der Waals surface area contributed by atoms with Gasteiger partial charge in [0, 0.05) is 30.0 Å². The van der Waals surface area contributed by atoms with Crippen LogP contribution < -0.4 is 19.7 Å². The lowest BCUT2D eigenvalue weighted by Gasteiger charge is -2.28. The molecule has 3 amide bonds. The van der Waals surface area contributed by atoms with E-state index in [1.54, 1.807) is 48.5 Å². The molecule has 2 saturated heterocycles. The summed E-state index contributed by atoms with van der Waals surface area (Å²) in [6.07, 6.45) is 1.59. The Labute approximate surface area is 253 Å². The second-order valence-electron chi connectivity index (χ2n) is 9.66. The zero-order chi connectivity index (χ0) is 30.2. The maximum absolute atomic E-state index is 13.1. The second kappa shape index (κ2) is 13.9. The fraction of sp³-hybridized carbons (Fsp3) is 0.250. The highest BCUT2D eigenvalue weighted by atomic mass is 32.2. The van der Waals surface area contributed by atoms with Crippen molar-refractivity contribution in [3.05, 3.63) is 88.3 Å². The minimum absolute atomic E-state index is 0.183. The van der Waals surface area contributed by atoms with Crippen molar-refractivity contribution in [1.29, 1.82) is 5.26 Å². The van der Waals surface area contributed by atoms with Gasteiger partial charge >= 0.3 is 0 Å². The summed E-state index contributed by atoms with van der Waals surface area (Å²) in [6.45, 7) is 4.99. The van der Waals surface area contributed by atoms with Crippen LogP contribution in [0.5, 0.6) is 11.5 Å². The number of nitriles is 1. The summed E-state index contributed by atoms with van der Waals surface area (Å²) in [5.74, 6) is -0.0709. The van der Waals surface area contributed by atoms with Gasteiger partial charge in [-0.1, -0.05) is 24.3 Å². The first-order chi connectivity index (χ1) is 20.9. The third kappa shape index (κ3) is 7.35. The first-order valence-electron chi connectivity index (χ1n) is 13.8. The van der Waals surface area contributed by atoms with Crippen molar-refractivity contribution in [1.82, 2.24) is 4.90 Å². The van der Waals surface area contributed by atoms with Gasteiger partial charge in [-0.05, 0) is 72.8 Å². The molecule has 2 heterocycles. The summed E-state index contributed by atoms with van der Waals surface area (Å²) in [5, 5.41) is 11.6. The molecule has 1 N–H and O–H groups in total. The van der Waals surface area contributed by atoms with Crippen molar-refractivity contribution in [2.75, 3.05) is 49.7 Å². The molecule has 220 valence electrons. The van der Waals surface area contributed by atoms with Crippen molar-refractivity contribution in [2.24, 2.45) is 0 Å². The van der Waals surface area contributed by atoms with Gasteiger partial charge in [0.25, 0.3) is 11.1 Å². The lowest BCUT2D eigenvalue weighted by Crippen LogP contribution is -2.36. The minimum Gasteiger partial charge on any atom is -0.490 e. The zero-order valence-electron chi connectivity index (χ0n) is 23.6. The van der Waals surface area contributed by atoms with Crippen LogP contribution in [0.15, 0.2) is 71.6 Å². The molecule has 5 rings (SSSR count). The average Bonchev–Trinajstić information content (AvgIpc) is 3.28. The Hall–Kier alpha value is -4.79. The number of amides is 3. The normalized spacial score (nSPS) is 15.9. The van der Waals surface area contributed by atoms with Crippen molar-refractivity contribution >= 4 is 46.3 Å². The van der Waals surface area contributed by atoms with Crippen LogP contribution in [0.4, 0.5) is 16.2 Å². The number of nitrogens with one attached hydrogen (secondary N) is 1. The van der Waals surface area contributed by atoms with Gasteiger partial charge in [0.2, 0.25) is 5.91 Å². The van der Waals surface area contributed by atoms with E-state index in [0.29, 0.717) is 48.1 Å². The molecule has 3 aromatic rings. The van der Waals surface area contributed by atoms with Gasteiger partial charge in [-0.25, -0.2) is 0 Å². The predicted octanol–water partition coefficient (Wildman–Crippen LogP) is 5.05. The first-order valence-corrected chi connectivity index (χ1v) is 14.6. The van der Waals surface area contributed by atoms with Crippen LogP contribution in [0.25, 0.3) is 6.08 Å². The molecule has 43 heavy (non-hydrogen) atoms. The molecule has 0 spiro atoms. The standard InChI is InChI=1S/C32H30N4O6S/c1-2-41-28-17-22(7-12-27(28)42-21-24-6-4-3-5-23(24)19-33)18-29-31(38)36(32(39)43-29)20-30(37)34-25-8-10-26(11-9-25)35-13-15-40-16-14-35/h3-12,17-18H,2,13-16,20-21H2,1H3,(H,34,37)/b29-18+. The van der Waals surface area contributed by atoms with Crippen molar-refractivity contribution in [3.63, 3.8) is 0 Å². The number of nitrogens with zero attached hydrogens (tertiary/aromatic N) is 3. The maximum Gasteiger partial charge on any atom is 0.294 e. The Morgan fingerprint density at radius 2 is 1.81 bits per heavy atom. The van der Waals surface area contributed by atoms with Crippen LogP contribution in [0.2, 0.25) is 0 Å². The largest absolute Gasteiger partial charge is 0.490 e. The molecule has 10 nitrogen and oxygen atoms in total. The lowest BCUT2D eigenvalue weighted by molar-refractivity contribution is -0.127. The first kappa shape index (κ1) is 29.7. The van der Waals surface area contributed by atoms with Crippen molar-refractivity contribution in [2.45, 2.75) is 13.5 Å². The van der Waals surface area contributed by atoms with E-state index >= 15 is 0 Å². The van der Waals surface area contributed by atoms with E-state index in [-0.39, 0.29) is 11.5 Å². The molecule has 0 aliphatic carbocycles. The van der Waals surface area contributed by atoms with E-state index in [1.807, 2.05) is 31.2 Å². The molecule has 2 aliphatic rings. The molecular formula is C32H30N4O6S. The Kier molecular flexibility index (Phi) is 9.61. The summed E-state index contributed by atoms with van der Waals surface area (Å²) in [4.78, 5) is 41.8. The zero-order valence-corrected chi connectivity index (χ0v) is 24.4. The van der Waals surface area contributed by atoms with E-state index in [1.165, 1.54) is 0 Å². The topological polar surface area (TPSA) is 121 Å². The molecular weight excluding hydrogens is 568 g/mol. The molecule has 11 heteroatoms. The van der Waals surface area contributed by atoms with E-state index in [0.717, 1.165) is 41.0 Å². The van der Waals surface area contributed by atoms with Crippen LogP contribution in [-0.4, -0.2) is 61.4 Å². The van der Waals surface area contributed by atoms with Crippen LogP contribution in [0, 0.1) is 11.3 Å². The van der Waals surface area contributed by atoms with E-state index in [4.69, 9.17) is 14.2 Å². The summed E-state index contributed by atoms with van der Waals surface area (Å²) in [7, 11) is 0. The third-order valence-electron chi connectivity index (χ3n) is 6.79. The Balaban J connectivity index is 1.22. The van der Waals surface area contributed by atoms with Gasteiger partial charge in [0.15, 0.2) is 11.5 Å². The van der Waals surface area contributed by atoms with Gasteiger partial charge in [-0.3, -0.25) is 19.3 Å². The van der Waals surface area contributed by atoms with E-state index in [9.17, 15) is 19.6 Å². The fourth-order valence-electron chi connectivity index (χ4n) is 4.62. The highest BCUT2D eigenvalue weighted by Gasteiger charge is 2.36. The highest BCUT2D eigenvalue weighted by molar-refractivity contribution is 8.18. The number of benzene rings is 3.